The molecule has 0 saturated carbocycles. The zero-order valence-electron chi connectivity index (χ0n) is 12.9. The van der Waals surface area contributed by atoms with Gasteiger partial charge in [0.2, 0.25) is 11.1 Å². The van der Waals surface area contributed by atoms with Gasteiger partial charge in [0, 0.05) is 28.5 Å². The third-order valence-electron chi connectivity index (χ3n) is 3.44. The third kappa shape index (κ3) is 3.83. The molecule has 3 aromatic rings. The molecule has 0 saturated heterocycles. The van der Waals surface area contributed by atoms with Gasteiger partial charge in [-0.3, -0.25) is 20.0 Å². The molecule has 25 heavy (non-hydrogen) atoms. The highest BCUT2D eigenvalue weighted by Crippen LogP contribution is 2.28. The summed E-state index contributed by atoms with van der Waals surface area (Å²) < 4.78 is 0. The van der Waals surface area contributed by atoms with Gasteiger partial charge < -0.3 is 5.73 Å². The second-order valence-corrected chi connectivity index (χ2v) is 6.03. The molecule has 0 fully saturated rings. The molecule has 0 spiro atoms. The second kappa shape index (κ2) is 7.14. The molecular weight excluding hydrogens is 342 g/mol. The van der Waals surface area contributed by atoms with Crippen molar-refractivity contribution in [3.63, 3.8) is 0 Å². The van der Waals surface area contributed by atoms with Crippen LogP contribution in [-0.4, -0.2) is 26.0 Å². The standard InChI is InChI=1S/C16H13N5O3S/c17-14(22)11-6-7-12(13(8-11)21(23)24)9-25-16-18-15(19-20-16)10-4-2-1-3-5-10/h1-8H,9H2,(H2,17,22)(H,18,19,20). The molecule has 2 aromatic carbocycles. The van der Waals surface area contributed by atoms with Crippen LogP contribution in [0.4, 0.5) is 5.69 Å². The predicted molar refractivity (Wildman–Crippen MR) is 93.0 cm³/mol. The number of carbonyl (C=O) groups excluding carboxylic acids is 1. The molecule has 3 rings (SSSR count). The molecule has 1 aromatic heterocycles. The maximum absolute atomic E-state index is 11.2. The number of nitrogens with zero attached hydrogens (tertiary/aromatic N) is 3. The number of thioether (sulfide) groups is 1. The van der Waals surface area contributed by atoms with Crippen molar-refractivity contribution < 1.29 is 9.72 Å². The smallest absolute Gasteiger partial charge is 0.274 e. The van der Waals surface area contributed by atoms with Crippen LogP contribution >= 0.6 is 11.8 Å². The number of primary amides is 1. The zero-order valence-corrected chi connectivity index (χ0v) is 13.7. The van der Waals surface area contributed by atoms with E-state index < -0.39 is 10.8 Å². The van der Waals surface area contributed by atoms with Crippen molar-refractivity contribution >= 4 is 23.4 Å². The largest absolute Gasteiger partial charge is 0.366 e. The van der Waals surface area contributed by atoms with E-state index in [9.17, 15) is 14.9 Å². The number of nitrogens with one attached hydrogen (secondary N) is 1. The van der Waals surface area contributed by atoms with Crippen molar-refractivity contribution in [1.82, 2.24) is 15.2 Å². The van der Waals surface area contributed by atoms with E-state index in [1.165, 1.54) is 30.0 Å². The van der Waals surface area contributed by atoms with Crippen LogP contribution in [0.15, 0.2) is 53.7 Å². The van der Waals surface area contributed by atoms with Crippen molar-refractivity contribution in [2.24, 2.45) is 5.73 Å². The number of aromatic amines is 1. The van der Waals surface area contributed by atoms with Crippen LogP contribution in [0.25, 0.3) is 11.4 Å². The number of aromatic nitrogens is 3. The summed E-state index contributed by atoms with van der Waals surface area (Å²) in [4.78, 5) is 26.2. The van der Waals surface area contributed by atoms with Crippen LogP contribution < -0.4 is 5.73 Å². The topological polar surface area (TPSA) is 128 Å². The van der Waals surface area contributed by atoms with E-state index in [2.05, 4.69) is 15.2 Å². The number of H-pyrrole nitrogens is 1. The van der Waals surface area contributed by atoms with E-state index >= 15 is 0 Å². The SMILES string of the molecule is NC(=O)c1ccc(CSc2n[nH]c(-c3ccccc3)n2)c([N+](=O)[O-])c1. The summed E-state index contributed by atoms with van der Waals surface area (Å²) in [5.74, 6) is 0.215. The van der Waals surface area contributed by atoms with Crippen molar-refractivity contribution in [2.75, 3.05) is 0 Å². The summed E-state index contributed by atoms with van der Waals surface area (Å²) >= 11 is 1.26. The fourth-order valence-corrected chi connectivity index (χ4v) is 2.98. The number of amides is 1. The van der Waals surface area contributed by atoms with Gasteiger partial charge in [-0.15, -0.1) is 5.10 Å². The Balaban J connectivity index is 1.77. The molecule has 1 amide bonds. The van der Waals surface area contributed by atoms with Gasteiger partial charge in [-0.2, -0.15) is 0 Å². The number of nitro benzene ring substituents is 1. The van der Waals surface area contributed by atoms with Crippen LogP contribution in [0.5, 0.6) is 0 Å². The van der Waals surface area contributed by atoms with E-state index in [1.807, 2.05) is 30.3 Å². The van der Waals surface area contributed by atoms with Gasteiger partial charge in [0.1, 0.15) is 0 Å². The Morgan fingerprint density at radius 1 is 1.24 bits per heavy atom. The third-order valence-corrected chi connectivity index (χ3v) is 4.33. The first-order chi connectivity index (χ1) is 12.0. The maximum atomic E-state index is 11.2. The van der Waals surface area contributed by atoms with Gasteiger partial charge in [0.25, 0.3) is 5.69 Å². The van der Waals surface area contributed by atoms with E-state index in [1.54, 1.807) is 0 Å². The highest BCUT2D eigenvalue weighted by atomic mass is 32.2. The van der Waals surface area contributed by atoms with E-state index in [-0.39, 0.29) is 11.3 Å². The van der Waals surface area contributed by atoms with Gasteiger partial charge in [-0.25, -0.2) is 4.98 Å². The maximum Gasteiger partial charge on any atom is 0.274 e. The Kier molecular flexibility index (Phi) is 4.75. The van der Waals surface area contributed by atoms with Gasteiger partial charge in [0.15, 0.2) is 5.82 Å². The first-order valence-corrected chi connectivity index (χ1v) is 8.21. The quantitative estimate of drug-likeness (QED) is 0.397. The first kappa shape index (κ1) is 16.7. The minimum absolute atomic E-state index is 0.102. The Labute approximate surface area is 146 Å². The first-order valence-electron chi connectivity index (χ1n) is 7.22. The molecule has 0 bridgehead atoms. The fourth-order valence-electron chi connectivity index (χ4n) is 2.19. The Morgan fingerprint density at radius 2 is 2.00 bits per heavy atom. The lowest BCUT2D eigenvalue weighted by atomic mass is 10.1. The van der Waals surface area contributed by atoms with E-state index in [4.69, 9.17) is 5.73 Å². The number of nitrogens with two attached hydrogens (primary N) is 1. The monoisotopic (exact) mass is 355 g/mol. The predicted octanol–water partition coefficient (Wildman–Crippen LogP) is 2.77. The number of rotatable bonds is 6. The average molecular weight is 355 g/mol. The van der Waals surface area contributed by atoms with Crippen molar-refractivity contribution in [3.8, 4) is 11.4 Å². The summed E-state index contributed by atoms with van der Waals surface area (Å²) in [6, 6.07) is 13.7. The number of carbonyl (C=O) groups is 1. The lowest BCUT2D eigenvalue weighted by Gasteiger charge is -2.03. The molecule has 0 aliphatic heterocycles. The molecule has 8 nitrogen and oxygen atoms in total. The lowest BCUT2D eigenvalue weighted by Crippen LogP contribution is -2.11. The van der Waals surface area contributed by atoms with Crippen molar-refractivity contribution in [1.29, 1.82) is 0 Å². The van der Waals surface area contributed by atoms with Crippen LogP contribution in [0, 0.1) is 10.1 Å². The zero-order chi connectivity index (χ0) is 17.8. The minimum Gasteiger partial charge on any atom is -0.366 e. The lowest BCUT2D eigenvalue weighted by molar-refractivity contribution is -0.385. The summed E-state index contributed by atoms with van der Waals surface area (Å²) in [5, 5.41) is 18.6. The molecule has 126 valence electrons. The number of nitro groups is 1. The van der Waals surface area contributed by atoms with Crippen LogP contribution in [0.1, 0.15) is 15.9 Å². The molecule has 0 atom stereocenters. The average Bonchev–Trinajstić information content (AvgIpc) is 3.09. The fraction of sp³-hybridized carbons (Fsp3) is 0.0625. The van der Waals surface area contributed by atoms with Crippen LogP contribution in [-0.2, 0) is 5.75 Å². The normalized spacial score (nSPS) is 10.6. The van der Waals surface area contributed by atoms with Gasteiger partial charge in [-0.05, 0) is 6.07 Å². The van der Waals surface area contributed by atoms with Crippen molar-refractivity contribution in [2.45, 2.75) is 10.9 Å². The highest BCUT2D eigenvalue weighted by molar-refractivity contribution is 7.98. The van der Waals surface area contributed by atoms with Gasteiger partial charge in [0.05, 0.1) is 4.92 Å². The van der Waals surface area contributed by atoms with Crippen LogP contribution in [0.2, 0.25) is 0 Å². The van der Waals surface area contributed by atoms with Crippen molar-refractivity contribution in [3.05, 3.63) is 69.8 Å². The summed E-state index contributed by atoms with van der Waals surface area (Å²) in [6.45, 7) is 0. The second-order valence-electron chi connectivity index (χ2n) is 5.09. The highest BCUT2D eigenvalue weighted by Gasteiger charge is 2.17. The molecule has 1 heterocycles. The van der Waals surface area contributed by atoms with E-state index in [0.29, 0.717) is 22.3 Å². The molecule has 0 aliphatic carbocycles. The molecule has 9 heteroatoms. The summed E-state index contributed by atoms with van der Waals surface area (Å²) in [5.41, 5.74) is 6.48. The molecule has 0 aliphatic rings. The number of benzene rings is 2. The van der Waals surface area contributed by atoms with Crippen LogP contribution in [0.3, 0.4) is 0 Å². The summed E-state index contributed by atoms with van der Waals surface area (Å²) in [6.07, 6.45) is 0. The minimum atomic E-state index is -0.705. The molecule has 0 unspecified atom stereocenters. The number of hydrogen-bond donors (Lipinski definition) is 2. The Hall–Kier alpha value is -3.20. The molecule has 3 N–H and O–H groups in total. The Morgan fingerprint density at radius 3 is 2.68 bits per heavy atom. The van der Waals surface area contributed by atoms with E-state index in [0.717, 1.165) is 5.56 Å². The molecule has 0 radical (unpaired) electrons. The van der Waals surface area contributed by atoms with Gasteiger partial charge >= 0.3 is 0 Å². The Bertz CT molecular complexity index is 927. The van der Waals surface area contributed by atoms with Gasteiger partial charge in [-0.1, -0.05) is 48.2 Å². The number of hydrogen-bond acceptors (Lipinski definition) is 6. The summed E-state index contributed by atoms with van der Waals surface area (Å²) in [7, 11) is 0. The molecular formula is C16H13N5O3S.